The van der Waals surface area contributed by atoms with Gasteiger partial charge in [0, 0.05) is 24.0 Å². The van der Waals surface area contributed by atoms with Gasteiger partial charge in [0.15, 0.2) is 5.76 Å². The van der Waals surface area contributed by atoms with E-state index >= 15 is 0 Å². The average Bonchev–Trinajstić information content (AvgIpc) is 3.37. The number of carbonyl (C=O) groups excluding carboxylic acids is 2. The van der Waals surface area contributed by atoms with Gasteiger partial charge in [0.05, 0.1) is 17.5 Å². The first-order valence-corrected chi connectivity index (χ1v) is 8.86. The molecule has 0 unspecified atom stereocenters. The molecule has 0 atom stereocenters. The van der Waals surface area contributed by atoms with Crippen LogP contribution in [0.2, 0.25) is 0 Å². The van der Waals surface area contributed by atoms with Crippen LogP contribution in [-0.4, -0.2) is 29.9 Å². The van der Waals surface area contributed by atoms with Crippen LogP contribution in [0.4, 0.5) is 0 Å². The lowest BCUT2D eigenvalue weighted by molar-refractivity contribution is 0.0910. The lowest BCUT2D eigenvalue weighted by atomic mass is 10.2. The molecule has 2 heterocycles. The third-order valence-corrected chi connectivity index (χ3v) is 4.04. The van der Waals surface area contributed by atoms with Gasteiger partial charge in [-0.25, -0.2) is 4.98 Å². The largest absolute Gasteiger partial charge is 0.487 e. The van der Waals surface area contributed by atoms with Crippen LogP contribution in [0.15, 0.2) is 58.0 Å². The monoisotopic (exact) mass is 371 g/mol. The molecule has 8 heteroatoms. The maximum Gasteiger partial charge on any atom is 0.287 e. The summed E-state index contributed by atoms with van der Waals surface area (Å²) in [6, 6.07) is 10.1. The van der Waals surface area contributed by atoms with Gasteiger partial charge in [-0.2, -0.15) is 0 Å². The summed E-state index contributed by atoms with van der Waals surface area (Å²) in [5.41, 5.74) is 3.07. The molecule has 0 fully saturated rings. The van der Waals surface area contributed by atoms with E-state index in [1.807, 2.05) is 5.38 Å². The first-order valence-electron chi connectivity index (χ1n) is 7.92. The number of furan rings is 1. The Morgan fingerprint density at radius 1 is 1.12 bits per heavy atom. The molecule has 7 nitrogen and oxygen atoms in total. The van der Waals surface area contributed by atoms with Gasteiger partial charge in [0.25, 0.3) is 11.8 Å². The Bertz CT molecular complexity index is 847. The molecule has 2 aromatic heterocycles. The molecule has 0 saturated heterocycles. The molecule has 3 aromatic rings. The average molecular weight is 371 g/mol. The molecule has 1 aromatic carbocycles. The third kappa shape index (κ3) is 4.93. The zero-order valence-corrected chi connectivity index (χ0v) is 14.6. The zero-order chi connectivity index (χ0) is 18.2. The minimum atomic E-state index is -0.318. The highest BCUT2D eigenvalue weighted by Gasteiger charge is 2.09. The van der Waals surface area contributed by atoms with Crippen molar-refractivity contribution in [3.8, 4) is 5.75 Å². The van der Waals surface area contributed by atoms with Gasteiger partial charge in [0.1, 0.15) is 12.4 Å². The second-order valence-corrected chi connectivity index (χ2v) is 6.00. The van der Waals surface area contributed by atoms with Crippen LogP contribution in [0.5, 0.6) is 5.75 Å². The second-order valence-electron chi connectivity index (χ2n) is 5.29. The van der Waals surface area contributed by atoms with E-state index in [9.17, 15) is 9.59 Å². The molecule has 0 saturated carbocycles. The fourth-order valence-electron chi connectivity index (χ4n) is 2.14. The van der Waals surface area contributed by atoms with Crippen molar-refractivity contribution in [2.45, 2.75) is 6.61 Å². The Labute approximate surface area is 154 Å². The van der Waals surface area contributed by atoms with Gasteiger partial charge in [-0.1, -0.05) is 6.07 Å². The number of hydrogen-bond acceptors (Lipinski definition) is 6. The first kappa shape index (κ1) is 17.7. The molecular formula is C18H17N3O4S. The molecule has 0 spiro atoms. The molecule has 26 heavy (non-hydrogen) atoms. The Balaban J connectivity index is 1.44. The lowest BCUT2D eigenvalue weighted by Gasteiger charge is -2.08. The number of aromatic nitrogens is 1. The number of amides is 2. The highest BCUT2D eigenvalue weighted by atomic mass is 32.1. The van der Waals surface area contributed by atoms with Crippen molar-refractivity contribution in [1.29, 1.82) is 0 Å². The van der Waals surface area contributed by atoms with Crippen molar-refractivity contribution in [3.63, 3.8) is 0 Å². The summed E-state index contributed by atoms with van der Waals surface area (Å²) >= 11 is 1.50. The van der Waals surface area contributed by atoms with Gasteiger partial charge in [0.2, 0.25) is 0 Å². The minimum Gasteiger partial charge on any atom is -0.487 e. The van der Waals surface area contributed by atoms with Crippen LogP contribution in [0, 0.1) is 0 Å². The van der Waals surface area contributed by atoms with Crippen LogP contribution in [-0.2, 0) is 6.61 Å². The van der Waals surface area contributed by atoms with Crippen LogP contribution in [0.25, 0.3) is 0 Å². The van der Waals surface area contributed by atoms with Crippen molar-refractivity contribution in [3.05, 3.63) is 70.6 Å². The number of nitrogens with zero attached hydrogens (tertiary/aromatic N) is 1. The normalized spacial score (nSPS) is 10.3. The van der Waals surface area contributed by atoms with E-state index in [1.54, 1.807) is 41.9 Å². The van der Waals surface area contributed by atoms with Crippen molar-refractivity contribution >= 4 is 23.2 Å². The van der Waals surface area contributed by atoms with Gasteiger partial charge < -0.3 is 19.8 Å². The molecule has 2 amide bonds. The molecule has 0 aliphatic rings. The Hall–Kier alpha value is -3.13. The van der Waals surface area contributed by atoms with E-state index in [0.717, 1.165) is 5.69 Å². The predicted molar refractivity (Wildman–Crippen MR) is 96.3 cm³/mol. The highest BCUT2D eigenvalue weighted by molar-refractivity contribution is 7.07. The summed E-state index contributed by atoms with van der Waals surface area (Å²) in [4.78, 5) is 28.0. The van der Waals surface area contributed by atoms with E-state index < -0.39 is 0 Å². The number of rotatable bonds is 8. The van der Waals surface area contributed by atoms with Gasteiger partial charge >= 0.3 is 0 Å². The Kier molecular flexibility index (Phi) is 6.00. The summed E-state index contributed by atoms with van der Waals surface area (Å²) in [7, 11) is 0. The maximum absolute atomic E-state index is 12.2. The van der Waals surface area contributed by atoms with Crippen LogP contribution in [0.1, 0.15) is 26.6 Å². The predicted octanol–water partition coefficient (Wildman–Crippen LogP) is 2.47. The highest BCUT2D eigenvalue weighted by Crippen LogP contribution is 2.15. The molecule has 0 radical (unpaired) electrons. The van der Waals surface area contributed by atoms with E-state index in [1.165, 1.54) is 17.6 Å². The standard InChI is InChI=1S/C18H17N3O4S/c22-17(19-6-7-20-18(23)16-5-2-8-24-16)13-3-1-4-15(9-13)25-10-14-11-26-12-21-14/h1-5,8-9,11-12H,6-7,10H2,(H,19,22)(H,20,23). The van der Waals surface area contributed by atoms with E-state index in [-0.39, 0.29) is 17.6 Å². The number of nitrogens with one attached hydrogen (secondary N) is 2. The molecule has 134 valence electrons. The number of carbonyl (C=O) groups is 2. The van der Waals surface area contributed by atoms with E-state index in [2.05, 4.69) is 15.6 Å². The Morgan fingerprint density at radius 2 is 1.96 bits per heavy atom. The van der Waals surface area contributed by atoms with Crippen molar-refractivity contribution < 1.29 is 18.7 Å². The maximum atomic E-state index is 12.2. The van der Waals surface area contributed by atoms with Crippen molar-refractivity contribution in [2.24, 2.45) is 0 Å². The van der Waals surface area contributed by atoms with Crippen LogP contribution >= 0.6 is 11.3 Å². The fraction of sp³-hybridized carbons (Fsp3) is 0.167. The summed E-state index contributed by atoms with van der Waals surface area (Å²) < 4.78 is 10.6. The van der Waals surface area contributed by atoms with Gasteiger partial charge in [-0.05, 0) is 30.3 Å². The summed E-state index contributed by atoms with van der Waals surface area (Å²) in [5, 5.41) is 7.32. The number of hydrogen-bond donors (Lipinski definition) is 2. The summed E-state index contributed by atoms with van der Waals surface area (Å²) in [6.45, 7) is 0.952. The van der Waals surface area contributed by atoms with Gasteiger partial charge in [-0.15, -0.1) is 11.3 Å². The molecule has 0 aliphatic carbocycles. The number of benzene rings is 1. The summed E-state index contributed by atoms with van der Waals surface area (Å²) in [5.74, 6) is 0.274. The fourth-order valence-corrected chi connectivity index (χ4v) is 2.69. The van der Waals surface area contributed by atoms with Crippen molar-refractivity contribution in [1.82, 2.24) is 15.6 Å². The first-order chi connectivity index (χ1) is 12.7. The van der Waals surface area contributed by atoms with E-state index in [0.29, 0.717) is 31.0 Å². The topological polar surface area (TPSA) is 93.5 Å². The minimum absolute atomic E-state index is 0.237. The third-order valence-electron chi connectivity index (χ3n) is 3.41. The van der Waals surface area contributed by atoms with E-state index in [4.69, 9.17) is 9.15 Å². The lowest BCUT2D eigenvalue weighted by Crippen LogP contribution is -2.34. The molecule has 0 aliphatic heterocycles. The number of ether oxygens (including phenoxy) is 1. The molecule has 3 rings (SSSR count). The van der Waals surface area contributed by atoms with Crippen molar-refractivity contribution in [2.75, 3.05) is 13.1 Å². The quantitative estimate of drug-likeness (QED) is 0.594. The zero-order valence-electron chi connectivity index (χ0n) is 13.8. The summed E-state index contributed by atoms with van der Waals surface area (Å²) in [6.07, 6.45) is 1.43. The molecule has 2 N–H and O–H groups in total. The smallest absolute Gasteiger partial charge is 0.287 e. The Morgan fingerprint density at radius 3 is 2.69 bits per heavy atom. The second kappa shape index (κ2) is 8.82. The SMILES string of the molecule is O=C(NCCNC(=O)c1ccco1)c1cccc(OCc2cscn2)c1. The molecular weight excluding hydrogens is 354 g/mol. The van der Waals surface area contributed by atoms with Crippen LogP contribution < -0.4 is 15.4 Å². The molecule has 0 bridgehead atoms. The van der Waals surface area contributed by atoms with Gasteiger partial charge in [-0.3, -0.25) is 9.59 Å². The number of thiazole rings is 1. The van der Waals surface area contributed by atoms with Crippen LogP contribution in [0.3, 0.4) is 0 Å².